The molecule has 0 heterocycles. The molecule has 0 amide bonds. The minimum Gasteiger partial charge on any atom is -0.319 e. The number of hydrogen-bond donors (Lipinski definition) is 1. The van der Waals surface area contributed by atoms with Gasteiger partial charge in [0.1, 0.15) is 0 Å². The highest BCUT2D eigenvalue weighted by Gasteiger charge is 2.29. The van der Waals surface area contributed by atoms with Crippen molar-refractivity contribution < 1.29 is 22.0 Å². The third-order valence-corrected chi connectivity index (χ3v) is 2.51. The third kappa shape index (κ3) is 3.97. The number of benzene rings is 1. The fraction of sp³-hybridized carbons (Fsp3) is 0.333. The number of halogens is 5. The molecule has 7 heteroatoms. The van der Waals surface area contributed by atoms with Crippen LogP contribution >= 0.6 is 11.8 Å². The maximum atomic E-state index is 12.2. The van der Waals surface area contributed by atoms with Gasteiger partial charge < -0.3 is 5.73 Å². The topological polar surface area (TPSA) is 26.0 Å². The molecule has 0 aliphatic heterocycles. The Hall–Kier alpha value is -0.820. The monoisotopic (exact) mass is 257 g/mol. The van der Waals surface area contributed by atoms with Crippen molar-refractivity contribution in [3.05, 3.63) is 29.8 Å². The van der Waals surface area contributed by atoms with Crippen molar-refractivity contribution in [1.29, 1.82) is 0 Å². The van der Waals surface area contributed by atoms with E-state index in [1.165, 1.54) is 12.1 Å². The molecule has 0 fully saturated rings. The van der Waals surface area contributed by atoms with Crippen molar-refractivity contribution >= 4 is 11.8 Å². The van der Waals surface area contributed by atoms with E-state index in [4.69, 9.17) is 5.73 Å². The first kappa shape index (κ1) is 13.2. The summed E-state index contributed by atoms with van der Waals surface area (Å²) in [5.41, 5.74) is 0.866. The lowest BCUT2D eigenvalue weighted by Crippen LogP contribution is -2.18. The molecule has 0 saturated carbocycles. The summed E-state index contributed by atoms with van der Waals surface area (Å²) in [6.45, 7) is 0. The largest absolute Gasteiger partial charge is 0.446 e. The molecular formula is C9H8F5NS. The summed E-state index contributed by atoms with van der Waals surface area (Å²) in [5.74, 6) is 0. The van der Waals surface area contributed by atoms with Gasteiger partial charge in [-0.15, -0.1) is 0 Å². The zero-order chi connectivity index (χ0) is 12.3. The summed E-state index contributed by atoms with van der Waals surface area (Å²) in [7, 11) is 0. The average Bonchev–Trinajstić information content (AvgIpc) is 2.15. The smallest absolute Gasteiger partial charge is 0.319 e. The third-order valence-electron chi connectivity index (χ3n) is 1.77. The van der Waals surface area contributed by atoms with Crippen LogP contribution < -0.4 is 5.73 Å². The molecule has 90 valence electrons. The Labute approximate surface area is 92.8 Å². The van der Waals surface area contributed by atoms with Gasteiger partial charge in [0.2, 0.25) is 0 Å². The minimum absolute atomic E-state index is 0.0577. The van der Waals surface area contributed by atoms with Crippen LogP contribution in [0.15, 0.2) is 29.2 Å². The van der Waals surface area contributed by atoms with Crippen LogP contribution in [-0.2, 0) is 0 Å². The lowest BCUT2D eigenvalue weighted by atomic mass is 10.1. The second-order valence-corrected chi connectivity index (χ2v) is 4.12. The standard InChI is InChI=1S/C9H8F5NS/c10-8(11)7(15)5-1-3-6(4-2-5)16-9(12,13)14/h1-4,7-8H,15H2/t7-/m1/s1. The van der Waals surface area contributed by atoms with E-state index in [9.17, 15) is 22.0 Å². The fourth-order valence-corrected chi connectivity index (χ4v) is 1.58. The maximum Gasteiger partial charge on any atom is 0.446 e. The molecule has 0 unspecified atom stereocenters. The SMILES string of the molecule is N[C@H](c1ccc(SC(F)(F)F)cc1)C(F)F. The van der Waals surface area contributed by atoms with E-state index in [1.807, 2.05) is 0 Å². The van der Waals surface area contributed by atoms with Crippen LogP contribution in [0.1, 0.15) is 11.6 Å². The van der Waals surface area contributed by atoms with E-state index in [0.29, 0.717) is 0 Å². The number of alkyl halides is 5. The van der Waals surface area contributed by atoms with E-state index in [-0.39, 0.29) is 22.2 Å². The summed E-state index contributed by atoms with van der Waals surface area (Å²) >= 11 is -0.299. The van der Waals surface area contributed by atoms with E-state index in [0.717, 1.165) is 12.1 Å². The predicted octanol–water partition coefficient (Wildman–Crippen LogP) is 3.56. The number of thioether (sulfide) groups is 1. The summed E-state index contributed by atoms with van der Waals surface area (Å²) in [5, 5.41) is 0. The lowest BCUT2D eigenvalue weighted by Gasteiger charge is -2.11. The van der Waals surface area contributed by atoms with Crippen LogP contribution in [0.5, 0.6) is 0 Å². The maximum absolute atomic E-state index is 12.2. The zero-order valence-corrected chi connectivity index (χ0v) is 8.66. The van der Waals surface area contributed by atoms with Crippen molar-refractivity contribution in [2.75, 3.05) is 0 Å². The molecule has 2 N–H and O–H groups in total. The van der Waals surface area contributed by atoms with E-state index >= 15 is 0 Å². The normalized spacial score (nSPS) is 14.2. The molecule has 1 aromatic carbocycles. The van der Waals surface area contributed by atoms with Gasteiger partial charge in [0.25, 0.3) is 6.43 Å². The minimum atomic E-state index is -4.38. The summed E-state index contributed by atoms with van der Waals surface area (Å²) in [6.07, 6.45) is -2.74. The van der Waals surface area contributed by atoms with Gasteiger partial charge in [0, 0.05) is 4.90 Å². The first-order valence-corrected chi connectivity index (χ1v) is 5.00. The Morgan fingerprint density at radius 2 is 1.56 bits per heavy atom. The quantitative estimate of drug-likeness (QED) is 0.661. The average molecular weight is 257 g/mol. The molecule has 16 heavy (non-hydrogen) atoms. The second-order valence-electron chi connectivity index (χ2n) is 2.98. The van der Waals surface area contributed by atoms with Gasteiger partial charge in [0.15, 0.2) is 0 Å². The van der Waals surface area contributed by atoms with Crippen molar-refractivity contribution in [3.63, 3.8) is 0 Å². The predicted molar refractivity (Wildman–Crippen MR) is 51.3 cm³/mol. The number of rotatable bonds is 3. The Kier molecular flexibility index (Phi) is 4.15. The highest BCUT2D eigenvalue weighted by atomic mass is 32.2. The van der Waals surface area contributed by atoms with Gasteiger partial charge in [-0.3, -0.25) is 0 Å². The van der Waals surface area contributed by atoms with Gasteiger partial charge in [0.05, 0.1) is 6.04 Å². The first-order chi connectivity index (χ1) is 7.29. The molecule has 1 aromatic rings. The summed E-state index contributed by atoms with van der Waals surface area (Å²) in [4.78, 5) is -0.0577. The first-order valence-electron chi connectivity index (χ1n) is 4.19. The molecule has 0 spiro atoms. The van der Waals surface area contributed by atoms with Crippen molar-refractivity contribution in [2.24, 2.45) is 5.73 Å². The molecule has 0 saturated heterocycles. The van der Waals surface area contributed by atoms with Gasteiger partial charge in [-0.1, -0.05) is 12.1 Å². The van der Waals surface area contributed by atoms with Gasteiger partial charge in [-0.25, -0.2) is 8.78 Å². The molecule has 0 aromatic heterocycles. The van der Waals surface area contributed by atoms with Crippen LogP contribution in [0.2, 0.25) is 0 Å². The summed E-state index contributed by atoms with van der Waals surface area (Å²) < 4.78 is 60.2. The Bertz CT molecular complexity index is 335. The van der Waals surface area contributed by atoms with Crippen molar-refractivity contribution in [2.45, 2.75) is 22.9 Å². The number of hydrogen-bond acceptors (Lipinski definition) is 2. The van der Waals surface area contributed by atoms with Gasteiger partial charge >= 0.3 is 5.51 Å². The van der Waals surface area contributed by atoms with Crippen molar-refractivity contribution in [1.82, 2.24) is 0 Å². The van der Waals surface area contributed by atoms with E-state index in [2.05, 4.69) is 0 Å². The molecule has 1 rings (SSSR count). The molecule has 0 bridgehead atoms. The fourth-order valence-electron chi connectivity index (χ4n) is 1.04. The Morgan fingerprint density at radius 1 is 1.06 bits per heavy atom. The van der Waals surface area contributed by atoms with Crippen molar-refractivity contribution in [3.8, 4) is 0 Å². The van der Waals surface area contributed by atoms with Crippen LogP contribution in [-0.4, -0.2) is 11.9 Å². The molecule has 0 radical (unpaired) electrons. The molecule has 0 aliphatic carbocycles. The highest BCUT2D eigenvalue weighted by molar-refractivity contribution is 8.00. The second kappa shape index (κ2) is 5.01. The van der Waals surface area contributed by atoms with Gasteiger partial charge in [-0.2, -0.15) is 13.2 Å². The molecule has 1 atom stereocenters. The van der Waals surface area contributed by atoms with Crippen LogP contribution in [0.25, 0.3) is 0 Å². The van der Waals surface area contributed by atoms with E-state index < -0.39 is 18.0 Å². The number of nitrogens with two attached hydrogens (primary N) is 1. The van der Waals surface area contributed by atoms with Crippen LogP contribution in [0.4, 0.5) is 22.0 Å². The van der Waals surface area contributed by atoms with Crippen LogP contribution in [0, 0.1) is 0 Å². The summed E-state index contributed by atoms with van der Waals surface area (Å²) in [6, 6.07) is 3.12. The van der Waals surface area contributed by atoms with Crippen LogP contribution in [0.3, 0.4) is 0 Å². The molecule has 0 aliphatic rings. The zero-order valence-electron chi connectivity index (χ0n) is 7.84. The highest BCUT2D eigenvalue weighted by Crippen LogP contribution is 2.37. The molecule has 1 nitrogen and oxygen atoms in total. The Morgan fingerprint density at radius 3 is 1.94 bits per heavy atom. The molecular weight excluding hydrogens is 249 g/mol. The lowest BCUT2D eigenvalue weighted by molar-refractivity contribution is -0.0328. The van der Waals surface area contributed by atoms with E-state index in [1.54, 1.807) is 0 Å². The van der Waals surface area contributed by atoms with Gasteiger partial charge in [-0.05, 0) is 29.5 Å². The Balaban J connectivity index is 2.76.